The fraction of sp³-hybridized carbons (Fsp3) is 0.455. The lowest BCUT2D eigenvalue weighted by atomic mass is 10.3. The molecule has 0 heterocycles. The average molecular weight is 211 g/mol. The standard InChI is InChI=1S/C11H17NOS/c1-9(7-8-13-2)14-11-5-3-10(12)4-6-11/h3-6,9H,7-8,12H2,1-2H3. The van der Waals surface area contributed by atoms with Crippen LogP contribution in [0.15, 0.2) is 29.2 Å². The second kappa shape index (κ2) is 5.94. The van der Waals surface area contributed by atoms with Gasteiger partial charge in [0, 0.05) is 29.5 Å². The Morgan fingerprint density at radius 1 is 1.36 bits per heavy atom. The highest BCUT2D eigenvalue weighted by atomic mass is 32.2. The first kappa shape index (κ1) is 11.4. The SMILES string of the molecule is COCCC(C)Sc1ccc(N)cc1. The van der Waals surface area contributed by atoms with Gasteiger partial charge in [0.2, 0.25) is 0 Å². The van der Waals surface area contributed by atoms with E-state index in [0.29, 0.717) is 5.25 Å². The van der Waals surface area contributed by atoms with Crippen molar-refractivity contribution in [3.05, 3.63) is 24.3 Å². The third-order valence-corrected chi connectivity index (χ3v) is 3.13. The molecule has 1 unspecified atom stereocenters. The van der Waals surface area contributed by atoms with Gasteiger partial charge in [0.15, 0.2) is 0 Å². The molecule has 14 heavy (non-hydrogen) atoms. The summed E-state index contributed by atoms with van der Waals surface area (Å²) in [5, 5.41) is 0.582. The number of hydrogen-bond donors (Lipinski definition) is 1. The summed E-state index contributed by atoms with van der Waals surface area (Å²) in [6.45, 7) is 3.03. The van der Waals surface area contributed by atoms with Crippen LogP contribution in [0.4, 0.5) is 5.69 Å². The molecule has 2 N–H and O–H groups in total. The van der Waals surface area contributed by atoms with Gasteiger partial charge in [-0.3, -0.25) is 0 Å². The van der Waals surface area contributed by atoms with E-state index in [0.717, 1.165) is 18.7 Å². The molecule has 1 aromatic carbocycles. The molecule has 1 rings (SSSR count). The molecule has 0 fully saturated rings. The van der Waals surface area contributed by atoms with Crippen LogP contribution in [0.25, 0.3) is 0 Å². The van der Waals surface area contributed by atoms with Crippen molar-refractivity contribution < 1.29 is 4.74 Å². The monoisotopic (exact) mass is 211 g/mol. The second-order valence-electron chi connectivity index (χ2n) is 3.28. The maximum Gasteiger partial charge on any atom is 0.0472 e. The van der Waals surface area contributed by atoms with E-state index in [1.807, 2.05) is 23.9 Å². The van der Waals surface area contributed by atoms with Crippen molar-refractivity contribution in [2.45, 2.75) is 23.5 Å². The van der Waals surface area contributed by atoms with Gasteiger partial charge in [-0.15, -0.1) is 11.8 Å². The lowest BCUT2D eigenvalue weighted by Gasteiger charge is -2.10. The smallest absolute Gasteiger partial charge is 0.0472 e. The van der Waals surface area contributed by atoms with Crippen LogP contribution in [0.3, 0.4) is 0 Å². The number of ether oxygens (including phenoxy) is 1. The van der Waals surface area contributed by atoms with Crippen LogP contribution >= 0.6 is 11.8 Å². The van der Waals surface area contributed by atoms with Crippen molar-refractivity contribution in [3.63, 3.8) is 0 Å². The van der Waals surface area contributed by atoms with Crippen molar-refractivity contribution >= 4 is 17.4 Å². The van der Waals surface area contributed by atoms with Gasteiger partial charge >= 0.3 is 0 Å². The molecule has 0 aliphatic rings. The van der Waals surface area contributed by atoms with E-state index in [2.05, 4.69) is 19.1 Å². The van der Waals surface area contributed by atoms with Crippen molar-refractivity contribution in [2.75, 3.05) is 19.5 Å². The van der Waals surface area contributed by atoms with Crippen molar-refractivity contribution in [3.8, 4) is 0 Å². The van der Waals surface area contributed by atoms with E-state index >= 15 is 0 Å². The molecule has 0 aliphatic carbocycles. The summed E-state index contributed by atoms with van der Waals surface area (Å²) >= 11 is 1.86. The van der Waals surface area contributed by atoms with Gasteiger partial charge in [0.25, 0.3) is 0 Å². The van der Waals surface area contributed by atoms with E-state index in [1.165, 1.54) is 4.90 Å². The zero-order chi connectivity index (χ0) is 10.4. The molecule has 1 aromatic rings. The van der Waals surface area contributed by atoms with E-state index in [9.17, 15) is 0 Å². The number of benzene rings is 1. The lowest BCUT2D eigenvalue weighted by Crippen LogP contribution is -2.01. The Labute approximate surface area is 89.8 Å². The number of methoxy groups -OCH3 is 1. The molecule has 0 saturated carbocycles. The van der Waals surface area contributed by atoms with Crippen LogP contribution in [0.1, 0.15) is 13.3 Å². The molecule has 2 nitrogen and oxygen atoms in total. The third-order valence-electron chi connectivity index (χ3n) is 1.95. The van der Waals surface area contributed by atoms with Gasteiger partial charge in [-0.25, -0.2) is 0 Å². The van der Waals surface area contributed by atoms with Crippen LogP contribution in [-0.2, 0) is 4.74 Å². The summed E-state index contributed by atoms with van der Waals surface area (Å²) in [5.41, 5.74) is 6.43. The first-order valence-corrected chi connectivity index (χ1v) is 5.61. The lowest BCUT2D eigenvalue weighted by molar-refractivity contribution is 0.195. The zero-order valence-electron chi connectivity index (χ0n) is 8.69. The molecule has 1 atom stereocenters. The Hall–Kier alpha value is -0.670. The van der Waals surface area contributed by atoms with Crippen LogP contribution in [0.2, 0.25) is 0 Å². The average Bonchev–Trinajstić information content (AvgIpc) is 2.18. The zero-order valence-corrected chi connectivity index (χ0v) is 9.51. The van der Waals surface area contributed by atoms with Gasteiger partial charge in [0.05, 0.1) is 0 Å². The Morgan fingerprint density at radius 2 is 2.00 bits per heavy atom. The summed E-state index contributed by atoms with van der Waals surface area (Å²) < 4.78 is 5.04. The van der Waals surface area contributed by atoms with E-state index < -0.39 is 0 Å². The Morgan fingerprint density at radius 3 is 2.57 bits per heavy atom. The number of anilines is 1. The number of nitrogens with two attached hydrogens (primary N) is 1. The molecule has 0 aromatic heterocycles. The Kier molecular flexibility index (Phi) is 4.84. The molecule has 0 spiro atoms. The number of thioether (sulfide) groups is 1. The van der Waals surface area contributed by atoms with Crippen LogP contribution in [0.5, 0.6) is 0 Å². The summed E-state index contributed by atoms with van der Waals surface area (Å²) in [7, 11) is 1.74. The molecule has 0 aliphatic heterocycles. The third kappa shape index (κ3) is 4.03. The van der Waals surface area contributed by atoms with Crippen molar-refractivity contribution in [1.82, 2.24) is 0 Å². The first-order chi connectivity index (χ1) is 6.72. The predicted octanol–water partition coefficient (Wildman–Crippen LogP) is 2.79. The highest BCUT2D eigenvalue weighted by Crippen LogP contribution is 2.25. The minimum atomic E-state index is 0.582. The number of hydrogen-bond acceptors (Lipinski definition) is 3. The van der Waals surface area contributed by atoms with E-state index in [-0.39, 0.29) is 0 Å². The van der Waals surface area contributed by atoms with E-state index in [1.54, 1.807) is 7.11 Å². The molecule has 0 saturated heterocycles. The Balaban J connectivity index is 2.39. The summed E-state index contributed by atoms with van der Waals surface area (Å²) in [5.74, 6) is 0. The molecule has 0 bridgehead atoms. The van der Waals surface area contributed by atoms with Gasteiger partial charge in [-0.05, 0) is 30.7 Å². The largest absolute Gasteiger partial charge is 0.399 e. The number of rotatable bonds is 5. The number of nitrogen functional groups attached to an aromatic ring is 1. The van der Waals surface area contributed by atoms with Gasteiger partial charge in [0.1, 0.15) is 0 Å². The maximum absolute atomic E-state index is 5.61. The summed E-state index contributed by atoms with van der Waals surface area (Å²) in [6.07, 6.45) is 1.07. The minimum absolute atomic E-state index is 0.582. The quantitative estimate of drug-likeness (QED) is 0.601. The highest BCUT2D eigenvalue weighted by Gasteiger charge is 2.03. The first-order valence-electron chi connectivity index (χ1n) is 4.73. The van der Waals surface area contributed by atoms with Crippen LogP contribution < -0.4 is 5.73 Å². The normalized spacial score (nSPS) is 12.7. The van der Waals surface area contributed by atoms with E-state index in [4.69, 9.17) is 10.5 Å². The predicted molar refractivity (Wildman–Crippen MR) is 62.7 cm³/mol. The molecule has 78 valence electrons. The fourth-order valence-corrected chi connectivity index (χ4v) is 2.09. The summed E-state index contributed by atoms with van der Waals surface area (Å²) in [6, 6.07) is 7.99. The highest BCUT2D eigenvalue weighted by molar-refractivity contribution is 7.99. The van der Waals surface area contributed by atoms with Gasteiger partial charge in [-0.2, -0.15) is 0 Å². The summed E-state index contributed by atoms with van der Waals surface area (Å²) in [4.78, 5) is 1.27. The molecule has 0 amide bonds. The molecular formula is C11H17NOS. The van der Waals surface area contributed by atoms with Gasteiger partial charge in [-0.1, -0.05) is 6.92 Å². The molecule has 3 heteroatoms. The fourth-order valence-electron chi connectivity index (χ4n) is 1.12. The molecular weight excluding hydrogens is 194 g/mol. The molecule has 0 radical (unpaired) electrons. The topological polar surface area (TPSA) is 35.2 Å². The maximum atomic E-state index is 5.61. The van der Waals surface area contributed by atoms with Crippen molar-refractivity contribution in [2.24, 2.45) is 0 Å². The Bertz CT molecular complexity index is 260. The van der Waals surface area contributed by atoms with Crippen LogP contribution in [-0.4, -0.2) is 19.0 Å². The van der Waals surface area contributed by atoms with Crippen LogP contribution in [0, 0.1) is 0 Å². The van der Waals surface area contributed by atoms with Crippen molar-refractivity contribution in [1.29, 1.82) is 0 Å². The van der Waals surface area contributed by atoms with Gasteiger partial charge < -0.3 is 10.5 Å². The second-order valence-corrected chi connectivity index (χ2v) is 4.79. The minimum Gasteiger partial charge on any atom is -0.399 e.